The molecule has 16 heavy (non-hydrogen) atoms. The van der Waals surface area contributed by atoms with Gasteiger partial charge in [-0.25, -0.2) is 0 Å². The molecule has 0 aliphatic heterocycles. The van der Waals surface area contributed by atoms with Gasteiger partial charge in [-0.05, 0) is 37.1 Å². The highest BCUT2D eigenvalue weighted by molar-refractivity contribution is 4.98. The fourth-order valence-electron chi connectivity index (χ4n) is 1.82. The summed E-state index contributed by atoms with van der Waals surface area (Å²) < 4.78 is 5.39. The van der Waals surface area contributed by atoms with E-state index in [4.69, 9.17) is 10.2 Å². The lowest BCUT2D eigenvalue weighted by Gasteiger charge is -2.31. The zero-order valence-electron chi connectivity index (χ0n) is 10.7. The lowest BCUT2D eigenvalue weighted by Crippen LogP contribution is -2.38. The van der Waals surface area contributed by atoms with Gasteiger partial charge in [0.2, 0.25) is 0 Å². The Morgan fingerprint density at radius 3 is 2.69 bits per heavy atom. The maximum absolute atomic E-state index is 5.77. The van der Waals surface area contributed by atoms with Gasteiger partial charge in [0.15, 0.2) is 0 Å². The van der Waals surface area contributed by atoms with E-state index < -0.39 is 0 Å². The molecule has 1 heterocycles. The topological polar surface area (TPSA) is 42.4 Å². The van der Waals surface area contributed by atoms with Gasteiger partial charge in [-0.2, -0.15) is 0 Å². The summed E-state index contributed by atoms with van der Waals surface area (Å²) in [5, 5.41) is 0. The Morgan fingerprint density at radius 1 is 1.44 bits per heavy atom. The van der Waals surface area contributed by atoms with Gasteiger partial charge in [0.25, 0.3) is 0 Å². The van der Waals surface area contributed by atoms with E-state index in [1.165, 1.54) is 0 Å². The van der Waals surface area contributed by atoms with Crippen LogP contribution in [0.2, 0.25) is 0 Å². The summed E-state index contributed by atoms with van der Waals surface area (Å²) in [5.74, 6) is 1.03. The van der Waals surface area contributed by atoms with Gasteiger partial charge in [-0.3, -0.25) is 4.90 Å². The lowest BCUT2D eigenvalue weighted by atomic mass is 9.93. The predicted molar refractivity (Wildman–Crippen MR) is 67.1 cm³/mol. The van der Waals surface area contributed by atoms with Crippen molar-refractivity contribution in [1.82, 2.24) is 4.90 Å². The molecule has 0 spiro atoms. The third-order valence-electron chi connectivity index (χ3n) is 2.70. The molecule has 92 valence electrons. The number of furan rings is 1. The van der Waals surface area contributed by atoms with Crippen molar-refractivity contribution in [2.75, 3.05) is 19.6 Å². The van der Waals surface area contributed by atoms with Gasteiger partial charge in [0.05, 0.1) is 12.8 Å². The molecule has 3 heteroatoms. The monoisotopic (exact) mass is 224 g/mol. The van der Waals surface area contributed by atoms with E-state index in [0.29, 0.717) is 6.54 Å². The smallest absolute Gasteiger partial charge is 0.117 e. The Hall–Kier alpha value is -0.800. The fraction of sp³-hybridized carbons (Fsp3) is 0.692. The molecule has 0 saturated carbocycles. The van der Waals surface area contributed by atoms with Gasteiger partial charge < -0.3 is 10.2 Å². The lowest BCUT2D eigenvalue weighted by molar-refractivity contribution is 0.165. The minimum atomic E-state index is 0.168. The Bertz CT molecular complexity index is 280. The highest BCUT2D eigenvalue weighted by Crippen LogP contribution is 2.17. The van der Waals surface area contributed by atoms with Crippen LogP contribution >= 0.6 is 0 Å². The van der Waals surface area contributed by atoms with Gasteiger partial charge in [-0.1, -0.05) is 20.8 Å². The summed E-state index contributed by atoms with van der Waals surface area (Å²) in [6, 6.07) is 3.96. The van der Waals surface area contributed by atoms with Crippen molar-refractivity contribution in [2.45, 2.75) is 33.7 Å². The van der Waals surface area contributed by atoms with Crippen LogP contribution in [0.3, 0.4) is 0 Å². The van der Waals surface area contributed by atoms with Crippen LogP contribution in [-0.4, -0.2) is 24.5 Å². The first-order valence-electron chi connectivity index (χ1n) is 6.02. The summed E-state index contributed by atoms with van der Waals surface area (Å²) in [6.07, 6.45) is 2.88. The standard InChI is InChI=1S/C13H24N2O/c1-4-7-15(11-13(2,3)10-14)9-12-6-5-8-16-12/h5-6,8H,4,7,9-11,14H2,1-3H3. The molecule has 0 radical (unpaired) electrons. The molecule has 0 unspecified atom stereocenters. The van der Waals surface area contributed by atoms with Gasteiger partial charge >= 0.3 is 0 Å². The summed E-state index contributed by atoms with van der Waals surface area (Å²) >= 11 is 0. The molecule has 3 nitrogen and oxygen atoms in total. The molecular weight excluding hydrogens is 200 g/mol. The van der Waals surface area contributed by atoms with Crippen LogP contribution in [0.1, 0.15) is 33.0 Å². The summed E-state index contributed by atoms with van der Waals surface area (Å²) in [5.41, 5.74) is 5.94. The molecular formula is C13H24N2O. The van der Waals surface area contributed by atoms with Crippen LogP contribution in [0.15, 0.2) is 22.8 Å². The maximum Gasteiger partial charge on any atom is 0.117 e. The largest absolute Gasteiger partial charge is 0.468 e. The minimum Gasteiger partial charge on any atom is -0.468 e. The molecule has 0 atom stereocenters. The van der Waals surface area contributed by atoms with Crippen LogP contribution in [0, 0.1) is 5.41 Å². The van der Waals surface area contributed by atoms with Crippen molar-refractivity contribution in [3.8, 4) is 0 Å². The normalized spacial score (nSPS) is 12.3. The highest BCUT2D eigenvalue weighted by Gasteiger charge is 2.20. The van der Waals surface area contributed by atoms with E-state index >= 15 is 0 Å². The molecule has 1 rings (SSSR count). The third-order valence-corrected chi connectivity index (χ3v) is 2.70. The van der Waals surface area contributed by atoms with E-state index in [9.17, 15) is 0 Å². The zero-order valence-corrected chi connectivity index (χ0v) is 10.7. The average molecular weight is 224 g/mol. The minimum absolute atomic E-state index is 0.168. The predicted octanol–water partition coefficient (Wildman–Crippen LogP) is 2.48. The first kappa shape index (κ1) is 13.3. The van der Waals surface area contributed by atoms with Crippen molar-refractivity contribution < 1.29 is 4.42 Å². The van der Waals surface area contributed by atoms with Crippen LogP contribution in [0.25, 0.3) is 0 Å². The van der Waals surface area contributed by atoms with Crippen molar-refractivity contribution in [1.29, 1.82) is 0 Å². The van der Waals surface area contributed by atoms with Crippen molar-refractivity contribution in [2.24, 2.45) is 11.1 Å². The van der Waals surface area contributed by atoms with Crippen LogP contribution in [-0.2, 0) is 6.54 Å². The van der Waals surface area contributed by atoms with Crippen molar-refractivity contribution in [3.63, 3.8) is 0 Å². The Labute approximate surface area is 98.6 Å². The maximum atomic E-state index is 5.77. The first-order chi connectivity index (χ1) is 7.57. The molecule has 0 amide bonds. The fourth-order valence-corrected chi connectivity index (χ4v) is 1.82. The Morgan fingerprint density at radius 2 is 2.19 bits per heavy atom. The highest BCUT2D eigenvalue weighted by atomic mass is 16.3. The van der Waals surface area contributed by atoms with E-state index in [1.54, 1.807) is 6.26 Å². The molecule has 0 bridgehead atoms. The van der Waals surface area contributed by atoms with E-state index in [1.807, 2.05) is 12.1 Å². The van der Waals surface area contributed by atoms with Crippen molar-refractivity contribution in [3.05, 3.63) is 24.2 Å². The molecule has 1 aromatic heterocycles. The van der Waals surface area contributed by atoms with Crippen LogP contribution in [0.4, 0.5) is 0 Å². The van der Waals surface area contributed by atoms with E-state index in [0.717, 1.165) is 31.8 Å². The summed E-state index contributed by atoms with van der Waals surface area (Å²) in [7, 11) is 0. The Balaban J connectivity index is 2.54. The molecule has 2 N–H and O–H groups in total. The van der Waals surface area contributed by atoms with Crippen LogP contribution in [0.5, 0.6) is 0 Å². The second-order valence-electron chi connectivity index (χ2n) is 5.16. The quantitative estimate of drug-likeness (QED) is 0.773. The van der Waals surface area contributed by atoms with Gasteiger partial charge in [0, 0.05) is 6.54 Å². The Kier molecular flexibility index (Phi) is 5.03. The number of hydrogen-bond acceptors (Lipinski definition) is 3. The molecule has 0 aliphatic rings. The number of hydrogen-bond donors (Lipinski definition) is 1. The molecule has 0 aromatic carbocycles. The third kappa shape index (κ3) is 4.37. The molecule has 1 aromatic rings. The van der Waals surface area contributed by atoms with Crippen molar-refractivity contribution >= 4 is 0 Å². The first-order valence-corrected chi connectivity index (χ1v) is 6.02. The number of nitrogens with two attached hydrogens (primary N) is 1. The van der Waals surface area contributed by atoms with E-state index in [2.05, 4.69) is 25.7 Å². The SMILES string of the molecule is CCCN(Cc1ccco1)CC(C)(C)CN. The van der Waals surface area contributed by atoms with Gasteiger partial charge in [-0.15, -0.1) is 0 Å². The molecule has 0 fully saturated rings. The second kappa shape index (κ2) is 6.06. The van der Waals surface area contributed by atoms with Gasteiger partial charge in [0.1, 0.15) is 5.76 Å². The number of nitrogens with zero attached hydrogens (tertiary/aromatic N) is 1. The van der Waals surface area contributed by atoms with E-state index in [-0.39, 0.29) is 5.41 Å². The zero-order chi connectivity index (χ0) is 12.0. The average Bonchev–Trinajstić information content (AvgIpc) is 2.70. The second-order valence-corrected chi connectivity index (χ2v) is 5.16. The summed E-state index contributed by atoms with van der Waals surface area (Å²) in [4.78, 5) is 2.41. The van der Waals surface area contributed by atoms with Crippen LogP contribution < -0.4 is 5.73 Å². The summed E-state index contributed by atoms with van der Waals surface area (Å²) in [6.45, 7) is 10.3. The molecule has 0 saturated heterocycles. The molecule has 0 aliphatic carbocycles. The number of rotatable bonds is 7.